The van der Waals surface area contributed by atoms with E-state index < -0.39 is 16.2 Å². The first-order valence-corrected chi connectivity index (χ1v) is 7.52. The van der Waals surface area contributed by atoms with Crippen molar-refractivity contribution in [1.29, 1.82) is 0 Å². The molecule has 0 N–H and O–H groups in total. The van der Waals surface area contributed by atoms with Gasteiger partial charge in [0.25, 0.3) is 10.1 Å². The summed E-state index contributed by atoms with van der Waals surface area (Å²) in [5.41, 5.74) is 0. The molecule has 0 aliphatic carbocycles. The Hall–Kier alpha value is -1.91. The van der Waals surface area contributed by atoms with Crippen LogP contribution in [-0.4, -0.2) is 35.3 Å². The molecule has 0 atom stereocenters. The van der Waals surface area contributed by atoms with E-state index in [-0.39, 0.29) is 28.8 Å². The smallest absolute Gasteiger partial charge is 0.297 e. The third-order valence-corrected chi connectivity index (χ3v) is 3.79. The van der Waals surface area contributed by atoms with Gasteiger partial charge in [0.2, 0.25) is 5.75 Å². The highest BCUT2D eigenvalue weighted by atomic mass is 32.2. The first kappa shape index (κ1) is 17.1. The predicted molar refractivity (Wildman–Crippen MR) is 77.3 cm³/mol. The molecule has 0 heterocycles. The first-order chi connectivity index (χ1) is 9.85. The van der Waals surface area contributed by atoms with Gasteiger partial charge >= 0.3 is 0 Å². The number of hydrogen-bond donors (Lipinski definition) is 0. The lowest BCUT2D eigenvalue weighted by Crippen LogP contribution is -2.13. The van der Waals surface area contributed by atoms with Gasteiger partial charge in [-0.1, -0.05) is 5.92 Å². The zero-order valence-electron chi connectivity index (χ0n) is 12.4. The first-order valence-electron chi connectivity index (χ1n) is 6.11. The van der Waals surface area contributed by atoms with Crippen LogP contribution in [0.4, 0.5) is 0 Å². The fraction of sp³-hybridized carbons (Fsp3) is 0.429. The molecule has 116 valence electrons. The Bertz CT molecular complexity index is 602. The summed E-state index contributed by atoms with van der Waals surface area (Å²) in [4.78, 5) is -0.0852. The average molecular weight is 314 g/mol. The van der Waals surface area contributed by atoms with Crippen LogP contribution in [0.1, 0.15) is 13.8 Å². The Balaban J connectivity index is 3.36. The van der Waals surface area contributed by atoms with Crippen molar-refractivity contribution in [2.24, 2.45) is 0 Å². The third-order valence-electron chi connectivity index (χ3n) is 2.34. The standard InChI is InChI=1S/C14H18O6S/c1-6-7-19-14-12(17-4)8-11(9-13(14)18-5)21(15,16)20-10(2)3/h1,8-10H,7H2,2-5H3. The van der Waals surface area contributed by atoms with Gasteiger partial charge in [0.1, 0.15) is 11.5 Å². The van der Waals surface area contributed by atoms with Crippen molar-refractivity contribution >= 4 is 10.1 Å². The van der Waals surface area contributed by atoms with Gasteiger partial charge in [0, 0.05) is 12.1 Å². The van der Waals surface area contributed by atoms with E-state index in [0.717, 1.165) is 0 Å². The van der Waals surface area contributed by atoms with Gasteiger partial charge in [0.15, 0.2) is 11.5 Å². The lowest BCUT2D eigenvalue weighted by atomic mass is 10.3. The maximum absolute atomic E-state index is 12.1. The predicted octanol–water partition coefficient (Wildman–Crippen LogP) is 1.83. The lowest BCUT2D eigenvalue weighted by molar-refractivity contribution is 0.248. The SMILES string of the molecule is C#CCOc1c(OC)cc(S(=O)(=O)OC(C)C)cc1OC. The van der Waals surface area contributed by atoms with E-state index in [0.29, 0.717) is 0 Å². The van der Waals surface area contributed by atoms with Gasteiger partial charge in [-0.2, -0.15) is 8.42 Å². The van der Waals surface area contributed by atoms with Crippen molar-refractivity contribution in [3.05, 3.63) is 12.1 Å². The van der Waals surface area contributed by atoms with Crippen LogP contribution in [0.2, 0.25) is 0 Å². The number of hydrogen-bond acceptors (Lipinski definition) is 6. The quantitative estimate of drug-likeness (QED) is 0.565. The van der Waals surface area contributed by atoms with Crippen LogP contribution >= 0.6 is 0 Å². The molecular formula is C14H18O6S. The van der Waals surface area contributed by atoms with Crippen LogP contribution < -0.4 is 14.2 Å². The number of methoxy groups -OCH3 is 2. The molecule has 7 heteroatoms. The van der Waals surface area contributed by atoms with E-state index in [2.05, 4.69) is 5.92 Å². The highest BCUT2D eigenvalue weighted by molar-refractivity contribution is 7.86. The average Bonchev–Trinajstić information content (AvgIpc) is 2.42. The van der Waals surface area contributed by atoms with E-state index in [4.69, 9.17) is 24.8 Å². The van der Waals surface area contributed by atoms with Gasteiger partial charge in [-0.3, -0.25) is 4.18 Å². The summed E-state index contributed by atoms with van der Waals surface area (Å²) in [6.07, 6.45) is 4.66. The molecule has 0 saturated carbocycles. The van der Waals surface area contributed by atoms with Crippen LogP contribution in [-0.2, 0) is 14.3 Å². The molecule has 0 aliphatic heterocycles. The van der Waals surface area contributed by atoms with Crippen LogP contribution in [0.15, 0.2) is 17.0 Å². The van der Waals surface area contributed by atoms with Gasteiger partial charge in [0.05, 0.1) is 20.3 Å². The summed E-state index contributed by atoms with van der Waals surface area (Å²) in [5, 5.41) is 0. The van der Waals surface area contributed by atoms with Gasteiger partial charge < -0.3 is 14.2 Å². The highest BCUT2D eigenvalue weighted by Crippen LogP contribution is 2.40. The molecule has 0 amide bonds. The third kappa shape index (κ3) is 4.28. The van der Waals surface area contributed by atoms with Gasteiger partial charge in [-0.25, -0.2) is 0 Å². The van der Waals surface area contributed by atoms with Crippen molar-refractivity contribution in [3.63, 3.8) is 0 Å². The summed E-state index contributed by atoms with van der Waals surface area (Å²) < 4.78 is 44.7. The second-order valence-electron chi connectivity index (χ2n) is 4.25. The maximum atomic E-state index is 12.1. The summed E-state index contributed by atoms with van der Waals surface area (Å²) in [6, 6.07) is 2.60. The van der Waals surface area contributed by atoms with Crippen molar-refractivity contribution < 1.29 is 26.8 Å². The van der Waals surface area contributed by atoms with Crippen molar-refractivity contribution in [3.8, 4) is 29.6 Å². The van der Waals surface area contributed by atoms with Gasteiger partial charge in [-0.15, -0.1) is 6.42 Å². The topological polar surface area (TPSA) is 71.1 Å². The van der Waals surface area contributed by atoms with Crippen molar-refractivity contribution in [2.45, 2.75) is 24.8 Å². The molecule has 6 nitrogen and oxygen atoms in total. The molecule has 0 fully saturated rings. The molecule has 0 spiro atoms. The molecule has 1 aromatic rings. The van der Waals surface area contributed by atoms with Gasteiger partial charge in [-0.05, 0) is 13.8 Å². The number of benzene rings is 1. The minimum absolute atomic E-state index is 0.00130. The Labute approximate surface area is 125 Å². The Morgan fingerprint density at radius 1 is 1.19 bits per heavy atom. The van der Waals surface area contributed by atoms with E-state index in [1.807, 2.05) is 0 Å². The second kappa shape index (κ2) is 7.20. The molecule has 1 aromatic carbocycles. The summed E-state index contributed by atoms with van der Waals surface area (Å²) >= 11 is 0. The fourth-order valence-corrected chi connectivity index (χ4v) is 2.69. The Morgan fingerprint density at radius 2 is 1.71 bits per heavy atom. The fourth-order valence-electron chi connectivity index (χ4n) is 1.57. The van der Waals surface area contributed by atoms with Crippen LogP contribution in [0.25, 0.3) is 0 Å². The largest absolute Gasteiger partial charge is 0.493 e. The minimum atomic E-state index is -3.92. The molecule has 1 rings (SSSR count). The number of rotatable bonds is 7. The summed E-state index contributed by atoms with van der Waals surface area (Å²) in [6.45, 7) is 3.24. The summed E-state index contributed by atoms with van der Waals surface area (Å²) in [7, 11) is -1.15. The molecule has 21 heavy (non-hydrogen) atoms. The van der Waals surface area contributed by atoms with Crippen molar-refractivity contribution in [2.75, 3.05) is 20.8 Å². The molecule has 0 aromatic heterocycles. The highest BCUT2D eigenvalue weighted by Gasteiger charge is 2.23. The molecule has 0 saturated heterocycles. The van der Waals surface area contributed by atoms with Crippen molar-refractivity contribution in [1.82, 2.24) is 0 Å². The van der Waals surface area contributed by atoms with E-state index in [9.17, 15) is 8.42 Å². The molecule has 0 bridgehead atoms. The number of ether oxygens (including phenoxy) is 3. The molecule has 0 radical (unpaired) electrons. The maximum Gasteiger partial charge on any atom is 0.297 e. The lowest BCUT2D eigenvalue weighted by Gasteiger charge is -2.15. The van der Waals surface area contributed by atoms with E-state index in [1.165, 1.54) is 26.4 Å². The monoisotopic (exact) mass is 314 g/mol. The number of terminal acetylenes is 1. The minimum Gasteiger partial charge on any atom is -0.493 e. The Morgan fingerprint density at radius 3 is 2.10 bits per heavy atom. The molecule has 0 unspecified atom stereocenters. The molecule has 0 aliphatic rings. The van der Waals surface area contributed by atoms with Crippen LogP contribution in [0.3, 0.4) is 0 Å². The van der Waals surface area contributed by atoms with E-state index in [1.54, 1.807) is 13.8 Å². The summed E-state index contributed by atoms with van der Waals surface area (Å²) in [5.74, 6) is 2.93. The van der Waals surface area contributed by atoms with Crippen LogP contribution in [0, 0.1) is 12.3 Å². The zero-order valence-corrected chi connectivity index (χ0v) is 13.2. The Kier molecular flexibility index (Phi) is 5.88. The second-order valence-corrected chi connectivity index (χ2v) is 5.82. The zero-order chi connectivity index (χ0) is 16.0. The van der Waals surface area contributed by atoms with Crippen LogP contribution in [0.5, 0.6) is 17.2 Å². The van der Waals surface area contributed by atoms with E-state index >= 15 is 0 Å². The normalized spacial score (nSPS) is 11.0. The molecular weight excluding hydrogens is 296 g/mol.